The first-order valence-electron chi connectivity index (χ1n) is 5.97. The van der Waals surface area contributed by atoms with Gasteiger partial charge in [-0.1, -0.05) is 0 Å². The van der Waals surface area contributed by atoms with E-state index in [1.807, 2.05) is 6.20 Å². The summed E-state index contributed by atoms with van der Waals surface area (Å²) >= 11 is 0. The van der Waals surface area contributed by atoms with E-state index in [0.29, 0.717) is 19.2 Å². The molecule has 0 saturated carbocycles. The van der Waals surface area contributed by atoms with E-state index in [-0.39, 0.29) is 12.0 Å². The number of nitrogens with zero attached hydrogens (tertiary/aromatic N) is 2. The van der Waals surface area contributed by atoms with Crippen molar-refractivity contribution in [1.82, 2.24) is 14.9 Å². The Morgan fingerprint density at radius 1 is 1.53 bits per heavy atom. The minimum absolute atomic E-state index is 0.219. The highest BCUT2D eigenvalue weighted by molar-refractivity contribution is 5.75. The van der Waals surface area contributed by atoms with E-state index in [9.17, 15) is 4.79 Å². The monoisotopic (exact) mass is 239 g/mol. The number of carbonyl (C=O) groups excluding carboxylic acids is 1. The number of hydrogen-bond donors (Lipinski definition) is 1. The molecule has 1 heterocycles. The van der Waals surface area contributed by atoms with Gasteiger partial charge in [-0.15, -0.1) is 0 Å². The molecule has 1 unspecified atom stereocenters. The van der Waals surface area contributed by atoms with Crippen LogP contribution in [0, 0.1) is 0 Å². The molecular weight excluding hydrogens is 218 g/mol. The summed E-state index contributed by atoms with van der Waals surface area (Å²) in [7, 11) is 0. The zero-order chi connectivity index (χ0) is 12.8. The van der Waals surface area contributed by atoms with Crippen LogP contribution in [0.15, 0.2) is 12.5 Å². The topological polar surface area (TPSA) is 56.1 Å². The Bertz CT molecular complexity index is 360. The second-order valence-corrected chi connectivity index (χ2v) is 4.24. The Balaban J connectivity index is 2.50. The van der Waals surface area contributed by atoms with Gasteiger partial charge in [0.05, 0.1) is 18.6 Å². The zero-order valence-electron chi connectivity index (χ0n) is 10.9. The van der Waals surface area contributed by atoms with Crippen molar-refractivity contribution in [3.05, 3.63) is 18.2 Å². The van der Waals surface area contributed by atoms with Crippen molar-refractivity contribution in [3.63, 3.8) is 0 Å². The molecule has 0 saturated heterocycles. The van der Waals surface area contributed by atoms with Gasteiger partial charge in [-0.05, 0) is 27.7 Å². The molecule has 0 aliphatic heterocycles. The van der Waals surface area contributed by atoms with Gasteiger partial charge < -0.3 is 9.30 Å². The van der Waals surface area contributed by atoms with Crippen LogP contribution in [0.4, 0.5) is 0 Å². The molecule has 0 spiro atoms. The van der Waals surface area contributed by atoms with Crippen molar-refractivity contribution in [3.8, 4) is 0 Å². The van der Waals surface area contributed by atoms with Crippen molar-refractivity contribution >= 4 is 5.97 Å². The van der Waals surface area contributed by atoms with Crippen LogP contribution in [0.1, 0.15) is 39.4 Å². The van der Waals surface area contributed by atoms with Gasteiger partial charge in [0.25, 0.3) is 0 Å². The minimum atomic E-state index is -0.300. The molecule has 0 aromatic carbocycles. The van der Waals surface area contributed by atoms with Crippen LogP contribution in [-0.2, 0) is 16.1 Å². The van der Waals surface area contributed by atoms with E-state index in [0.717, 1.165) is 5.69 Å². The fourth-order valence-corrected chi connectivity index (χ4v) is 1.54. The number of hydrogen-bond acceptors (Lipinski definition) is 4. The van der Waals surface area contributed by atoms with Crippen molar-refractivity contribution < 1.29 is 9.53 Å². The van der Waals surface area contributed by atoms with Crippen LogP contribution in [0.3, 0.4) is 0 Å². The van der Waals surface area contributed by atoms with Crippen molar-refractivity contribution in [2.45, 2.75) is 46.3 Å². The minimum Gasteiger partial charge on any atom is -0.465 e. The van der Waals surface area contributed by atoms with Gasteiger partial charge in [-0.3, -0.25) is 10.1 Å². The third-order valence-electron chi connectivity index (χ3n) is 2.53. The smallest absolute Gasteiger partial charge is 0.322 e. The molecule has 1 aromatic rings. The lowest BCUT2D eigenvalue weighted by Gasteiger charge is -2.15. The molecule has 1 aromatic heterocycles. The maximum Gasteiger partial charge on any atom is 0.322 e. The highest BCUT2D eigenvalue weighted by Gasteiger charge is 2.14. The van der Waals surface area contributed by atoms with Crippen LogP contribution in [0.25, 0.3) is 0 Å². The van der Waals surface area contributed by atoms with Crippen LogP contribution in [-0.4, -0.2) is 28.2 Å². The summed E-state index contributed by atoms with van der Waals surface area (Å²) in [6.07, 6.45) is 3.61. The van der Waals surface area contributed by atoms with Gasteiger partial charge in [0.15, 0.2) is 0 Å². The second kappa shape index (κ2) is 6.39. The first kappa shape index (κ1) is 13.7. The van der Waals surface area contributed by atoms with E-state index in [1.165, 1.54) is 0 Å². The Morgan fingerprint density at radius 2 is 2.24 bits per heavy atom. The predicted molar refractivity (Wildman–Crippen MR) is 65.5 cm³/mol. The summed E-state index contributed by atoms with van der Waals surface area (Å²) in [5, 5.41) is 3.13. The molecule has 0 bridgehead atoms. The molecule has 0 amide bonds. The molecule has 0 fully saturated rings. The fourth-order valence-electron chi connectivity index (χ4n) is 1.54. The lowest BCUT2D eigenvalue weighted by Crippen LogP contribution is -2.35. The van der Waals surface area contributed by atoms with Crippen LogP contribution in [0.2, 0.25) is 0 Å². The third-order valence-corrected chi connectivity index (χ3v) is 2.53. The van der Waals surface area contributed by atoms with Gasteiger partial charge in [-0.2, -0.15) is 0 Å². The summed E-state index contributed by atoms with van der Waals surface area (Å²) in [5.41, 5.74) is 1.07. The molecule has 0 aliphatic carbocycles. The van der Waals surface area contributed by atoms with Crippen molar-refractivity contribution in [1.29, 1.82) is 0 Å². The molecule has 1 atom stereocenters. The van der Waals surface area contributed by atoms with Gasteiger partial charge in [0.1, 0.15) is 6.04 Å². The molecule has 96 valence electrons. The van der Waals surface area contributed by atoms with Gasteiger partial charge >= 0.3 is 5.97 Å². The summed E-state index contributed by atoms with van der Waals surface area (Å²) in [4.78, 5) is 15.5. The number of nitrogens with one attached hydrogen (secondary N) is 1. The molecule has 5 heteroatoms. The van der Waals surface area contributed by atoms with Crippen molar-refractivity contribution in [2.24, 2.45) is 0 Å². The van der Waals surface area contributed by atoms with E-state index in [2.05, 4.69) is 28.7 Å². The van der Waals surface area contributed by atoms with Gasteiger partial charge in [-0.25, -0.2) is 4.98 Å². The lowest BCUT2D eigenvalue weighted by molar-refractivity contribution is -0.145. The van der Waals surface area contributed by atoms with Crippen LogP contribution >= 0.6 is 0 Å². The fraction of sp³-hybridized carbons (Fsp3) is 0.667. The van der Waals surface area contributed by atoms with E-state index < -0.39 is 0 Å². The van der Waals surface area contributed by atoms with E-state index >= 15 is 0 Å². The first-order valence-corrected chi connectivity index (χ1v) is 5.97. The highest BCUT2D eigenvalue weighted by Crippen LogP contribution is 2.08. The average molecular weight is 239 g/mol. The summed E-state index contributed by atoms with van der Waals surface area (Å²) in [6.45, 7) is 8.82. The Labute approximate surface area is 102 Å². The maximum absolute atomic E-state index is 11.4. The molecule has 0 aliphatic rings. The van der Waals surface area contributed by atoms with Gasteiger partial charge in [0.2, 0.25) is 0 Å². The molecule has 17 heavy (non-hydrogen) atoms. The first-order chi connectivity index (χ1) is 8.06. The van der Waals surface area contributed by atoms with Crippen molar-refractivity contribution in [2.75, 3.05) is 6.61 Å². The summed E-state index contributed by atoms with van der Waals surface area (Å²) in [5.74, 6) is -0.219. The predicted octanol–water partition coefficient (Wildman–Crippen LogP) is 1.51. The molecule has 5 nitrogen and oxygen atoms in total. The highest BCUT2D eigenvalue weighted by atomic mass is 16.5. The van der Waals surface area contributed by atoms with Crippen LogP contribution in [0.5, 0.6) is 0 Å². The molecule has 0 radical (unpaired) electrons. The number of carbonyl (C=O) groups is 1. The largest absolute Gasteiger partial charge is 0.465 e. The maximum atomic E-state index is 11.4. The number of aromatic nitrogens is 2. The number of imidazole rings is 1. The van der Waals surface area contributed by atoms with Crippen LogP contribution < -0.4 is 5.32 Å². The Morgan fingerprint density at radius 3 is 2.82 bits per heavy atom. The number of ether oxygens (including phenoxy) is 1. The standard InChI is InChI=1S/C12H21N3O2/c1-5-17-12(16)10(4)14-7-11-6-13-8-15(11)9(2)3/h6,8-10,14H,5,7H2,1-4H3. The zero-order valence-corrected chi connectivity index (χ0v) is 10.9. The number of rotatable bonds is 6. The second-order valence-electron chi connectivity index (χ2n) is 4.24. The quantitative estimate of drug-likeness (QED) is 0.764. The van der Waals surface area contributed by atoms with E-state index in [4.69, 9.17) is 4.74 Å². The molecular formula is C12H21N3O2. The number of esters is 1. The molecule has 1 rings (SSSR count). The third kappa shape index (κ3) is 3.85. The summed E-state index contributed by atoms with van der Waals surface area (Å²) in [6, 6.07) is 0.0673. The Hall–Kier alpha value is -1.36. The normalized spacial score (nSPS) is 12.8. The molecule has 1 N–H and O–H groups in total. The Kier molecular flexibility index (Phi) is 5.15. The summed E-state index contributed by atoms with van der Waals surface area (Å²) < 4.78 is 7.00. The average Bonchev–Trinajstić information content (AvgIpc) is 2.74. The lowest BCUT2D eigenvalue weighted by atomic mass is 10.3. The van der Waals surface area contributed by atoms with Gasteiger partial charge in [0, 0.05) is 18.8 Å². The van der Waals surface area contributed by atoms with E-state index in [1.54, 1.807) is 20.2 Å². The SMILES string of the molecule is CCOC(=O)C(C)NCc1cncn1C(C)C.